The maximum absolute atomic E-state index is 5.34. The van der Waals surface area contributed by atoms with Crippen molar-refractivity contribution in [3.8, 4) is 0 Å². The van der Waals surface area contributed by atoms with Crippen LogP contribution in [0.25, 0.3) is 12.2 Å². The zero-order chi connectivity index (χ0) is 12.9. The standard InChI is InChI=1S/C14H15N3OS/c1-2-13(19-11-1)4-3-12-5-6-15-14(16-12)17-7-9-18-10-8-17/h1-6,11H,7-10H2/b4-3+. The fraction of sp³-hybridized carbons (Fsp3) is 0.286. The van der Waals surface area contributed by atoms with Crippen molar-refractivity contribution in [2.24, 2.45) is 0 Å². The lowest BCUT2D eigenvalue weighted by molar-refractivity contribution is 0.122. The number of anilines is 1. The third-order valence-electron chi connectivity index (χ3n) is 2.92. The zero-order valence-corrected chi connectivity index (χ0v) is 11.3. The monoisotopic (exact) mass is 273 g/mol. The second kappa shape index (κ2) is 5.95. The van der Waals surface area contributed by atoms with E-state index in [-0.39, 0.29) is 0 Å². The van der Waals surface area contributed by atoms with E-state index < -0.39 is 0 Å². The Balaban J connectivity index is 1.75. The first-order valence-corrected chi connectivity index (χ1v) is 7.17. The van der Waals surface area contributed by atoms with Gasteiger partial charge in [0.05, 0.1) is 18.9 Å². The van der Waals surface area contributed by atoms with Gasteiger partial charge in [0, 0.05) is 24.2 Å². The summed E-state index contributed by atoms with van der Waals surface area (Å²) in [5, 5.41) is 2.07. The first kappa shape index (κ1) is 12.3. The van der Waals surface area contributed by atoms with Gasteiger partial charge in [0.1, 0.15) is 0 Å². The van der Waals surface area contributed by atoms with E-state index >= 15 is 0 Å². The molecule has 1 saturated heterocycles. The van der Waals surface area contributed by atoms with Gasteiger partial charge < -0.3 is 9.64 Å². The van der Waals surface area contributed by atoms with Gasteiger partial charge in [-0.1, -0.05) is 6.07 Å². The van der Waals surface area contributed by atoms with Gasteiger partial charge >= 0.3 is 0 Å². The number of ether oxygens (including phenoxy) is 1. The number of hydrogen-bond donors (Lipinski definition) is 0. The predicted octanol–water partition coefficient (Wildman–Crippen LogP) is 2.55. The van der Waals surface area contributed by atoms with Crippen molar-refractivity contribution in [2.45, 2.75) is 0 Å². The van der Waals surface area contributed by atoms with E-state index in [0.29, 0.717) is 0 Å². The Bertz CT molecular complexity index is 548. The van der Waals surface area contributed by atoms with Crippen LogP contribution in [0, 0.1) is 0 Å². The second-order valence-electron chi connectivity index (χ2n) is 4.23. The lowest BCUT2D eigenvalue weighted by Crippen LogP contribution is -2.37. The van der Waals surface area contributed by atoms with Gasteiger partial charge in [-0.3, -0.25) is 0 Å². The first-order valence-electron chi connectivity index (χ1n) is 6.29. The van der Waals surface area contributed by atoms with Gasteiger partial charge in [-0.05, 0) is 29.7 Å². The van der Waals surface area contributed by atoms with Gasteiger partial charge in [-0.15, -0.1) is 11.3 Å². The average Bonchev–Trinajstić information content (AvgIpc) is 3.00. The minimum Gasteiger partial charge on any atom is -0.378 e. The summed E-state index contributed by atoms with van der Waals surface area (Å²) in [5.74, 6) is 0.789. The molecule has 0 aliphatic carbocycles. The summed E-state index contributed by atoms with van der Waals surface area (Å²) in [4.78, 5) is 12.3. The molecule has 0 saturated carbocycles. The van der Waals surface area contributed by atoms with E-state index in [0.717, 1.165) is 37.9 Å². The Hall–Kier alpha value is -1.72. The molecular weight excluding hydrogens is 258 g/mol. The molecule has 5 heteroatoms. The number of morpholine rings is 1. The molecule has 98 valence electrons. The molecule has 0 aromatic carbocycles. The molecule has 19 heavy (non-hydrogen) atoms. The molecule has 1 aliphatic heterocycles. The van der Waals surface area contributed by atoms with E-state index in [1.165, 1.54) is 4.88 Å². The Morgan fingerprint density at radius 2 is 2.11 bits per heavy atom. The highest BCUT2D eigenvalue weighted by Gasteiger charge is 2.13. The number of thiophene rings is 1. The van der Waals surface area contributed by atoms with Crippen LogP contribution in [0.15, 0.2) is 29.8 Å². The molecule has 0 bridgehead atoms. The third kappa shape index (κ3) is 3.19. The van der Waals surface area contributed by atoms with Gasteiger partial charge in [0.25, 0.3) is 0 Å². The van der Waals surface area contributed by atoms with Crippen LogP contribution in [0.3, 0.4) is 0 Å². The van der Waals surface area contributed by atoms with E-state index in [9.17, 15) is 0 Å². The molecule has 0 spiro atoms. The van der Waals surface area contributed by atoms with Crippen molar-refractivity contribution in [2.75, 3.05) is 31.2 Å². The summed E-state index contributed by atoms with van der Waals surface area (Å²) in [6, 6.07) is 6.06. The van der Waals surface area contributed by atoms with Crippen molar-refractivity contribution in [3.63, 3.8) is 0 Å². The Labute approximate surface area is 116 Å². The molecule has 3 heterocycles. The van der Waals surface area contributed by atoms with Crippen LogP contribution in [0.4, 0.5) is 5.95 Å². The lowest BCUT2D eigenvalue weighted by atomic mass is 10.3. The Kier molecular flexibility index (Phi) is 3.86. The molecule has 2 aromatic rings. The van der Waals surface area contributed by atoms with Crippen molar-refractivity contribution in [1.82, 2.24) is 9.97 Å². The molecule has 1 aliphatic rings. The van der Waals surface area contributed by atoms with Crippen LogP contribution in [-0.2, 0) is 4.74 Å². The van der Waals surface area contributed by atoms with Crippen LogP contribution < -0.4 is 4.90 Å². The zero-order valence-electron chi connectivity index (χ0n) is 10.5. The van der Waals surface area contributed by atoms with Crippen molar-refractivity contribution >= 4 is 29.4 Å². The Morgan fingerprint density at radius 3 is 2.89 bits per heavy atom. The van der Waals surface area contributed by atoms with E-state index in [2.05, 4.69) is 32.4 Å². The van der Waals surface area contributed by atoms with Crippen LogP contribution in [0.1, 0.15) is 10.6 Å². The quantitative estimate of drug-likeness (QED) is 0.861. The fourth-order valence-electron chi connectivity index (χ4n) is 1.92. The van der Waals surface area contributed by atoms with Gasteiger partial charge in [0.15, 0.2) is 0 Å². The second-order valence-corrected chi connectivity index (χ2v) is 5.21. The molecule has 0 radical (unpaired) electrons. The Morgan fingerprint density at radius 1 is 1.21 bits per heavy atom. The topological polar surface area (TPSA) is 38.2 Å². The predicted molar refractivity (Wildman–Crippen MR) is 78.3 cm³/mol. The molecule has 0 N–H and O–H groups in total. The maximum Gasteiger partial charge on any atom is 0.225 e. The van der Waals surface area contributed by atoms with Crippen LogP contribution in [0.5, 0.6) is 0 Å². The normalized spacial score (nSPS) is 16.1. The van der Waals surface area contributed by atoms with E-state index in [1.807, 2.05) is 24.4 Å². The van der Waals surface area contributed by atoms with Crippen molar-refractivity contribution in [1.29, 1.82) is 0 Å². The highest BCUT2D eigenvalue weighted by atomic mass is 32.1. The summed E-state index contributed by atoms with van der Waals surface area (Å²) < 4.78 is 5.34. The summed E-state index contributed by atoms with van der Waals surface area (Å²) in [5.41, 5.74) is 0.935. The van der Waals surface area contributed by atoms with Gasteiger partial charge in [0.2, 0.25) is 5.95 Å². The fourth-order valence-corrected chi connectivity index (χ4v) is 2.54. The lowest BCUT2D eigenvalue weighted by Gasteiger charge is -2.26. The molecule has 0 unspecified atom stereocenters. The minimum atomic E-state index is 0.749. The summed E-state index contributed by atoms with van der Waals surface area (Å²) in [7, 11) is 0. The van der Waals surface area contributed by atoms with E-state index in [1.54, 1.807) is 11.3 Å². The smallest absolute Gasteiger partial charge is 0.225 e. The molecule has 0 amide bonds. The summed E-state index contributed by atoms with van der Waals surface area (Å²) >= 11 is 1.72. The molecular formula is C14H15N3OS. The summed E-state index contributed by atoms with van der Waals surface area (Å²) in [6.45, 7) is 3.22. The number of rotatable bonds is 3. The highest BCUT2D eigenvalue weighted by Crippen LogP contribution is 2.14. The first-order chi connectivity index (χ1) is 9.42. The van der Waals surface area contributed by atoms with Gasteiger partial charge in [-0.2, -0.15) is 0 Å². The summed E-state index contributed by atoms with van der Waals surface area (Å²) in [6.07, 6.45) is 5.92. The number of aromatic nitrogens is 2. The van der Waals surface area contributed by atoms with Crippen LogP contribution in [-0.4, -0.2) is 36.3 Å². The SMILES string of the molecule is C(=C\c1cccs1)/c1ccnc(N2CCOCC2)n1. The molecule has 2 aromatic heterocycles. The van der Waals surface area contributed by atoms with Crippen LogP contribution >= 0.6 is 11.3 Å². The number of nitrogens with zero attached hydrogens (tertiary/aromatic N) is 3. The highest BCUT2D eigenvalue weighted by molar-refractivity contribution is 7.10. The molecule has 1 fully saturated rings. The average molecular weight is 273 g/mol. The van der Waals surface area contributed by atoms with Crippen molar-refractivity contribution < 1.29 is 4.74 Å². The molecule has 4 nitrogen and oxygen atoms in total. The molecule has 0 atom stereocenters. The van der Waals surface area contributed by atoms with Crippen LogP contribution in [0.2, 0.25) is 0 Å². The van der Waals surface area contributed by atoms with Gasteiger partial charge in [-0.25, -0.2) is 9.97 Å². The largest absolute Gasteiger partial charge is 0.378 e. The van der Waals surface area contributed by atoms with E-state index in [4.69, 9.17) is 4.74 Å². The number of hydrogen-bond acceptors (Lipinski definition) is 5. The minimum absolute atomic E-state index is 0.749. The third-order valence-corrected chi connectivity index (χ3v) is 3.76. The molecule has 3 rings (SSSR count). The van der Waals surface area contributed by atoms with Crippen molar-refractivity contribution in [3.05, 3.63) is 40.3 Å². The maximum atomic E-state index is 5.34.